The molecule has 86 valence electrons. The number of unbranched alkanes of at least 4 members (excludes halogenated alkanes) is 2. The molecular weight excluding hydrogens is 196 g/mol. The maximum atomic E-state index is 11.0. The topological polar surface area (TPSA) is 63.6 Å². The summed E-state index contributed by atoms with van der Waals surface area (Å²) in [6.07, 6.45) is 4.98. The monoisotopic (exact) mass is 214 g/mol. The summed E-state index contributed by atoms with van der Waals surface area (Å²) in [4.78, 5) is 21.2. The minimum absolute atomic E-state index is 0.172. The third-order valence-corrected chi connectivity index (χ3v) is 1.86. The van der Waals surface area contributed by atoms with E-state index < -0.39 is 5.97 Å². The van der Waals surface area contributed by atoms with E-state index in [4.69, 9.17) is 9.84 Å². The molecule has 0 aromatic carbocycles. The molecule has 0 aromatic heterocycles. The molecule has 0 bridgehead atoms. The van der Waals surface area contributed by atoms with E-state index in [2.05, 4.69) is 6.58 Å². The number of rotatable bonds is 9. The van der Waals surface area contributed by atoms with Gasteiger partial charge in [0.15, 0.2) is 0 Å². The lowest BCUT2D eigenvalue weighted by atomic mass is 10.1. The fourth-order valence-electron chi connectivity index (χ4n) is 1.05. The number of hydrogen-bond donors (Lipinski definition) is 1. The van der Waals surface area contributed by atoms with Crippen LogP contribution in [-0.2, 0) is 14.3 Å². The van der Waals surface area contributed by atoms with Crippen molar-refractivity contribution in [3.05, 3.63) is 12.7 Å². The lowest BCUT2D eigenvalue weighted by molar-refractivity contribution is -0.143. The average Bonchev–Trinajstić information content (AvgIpc) is 2.17. The van der Waals surface area contributed by atoms with E-state index in [0.29, 0.717) is 32.3 Å². The highest BCUT2D eigenvalue weighted by Gasteiger charge is 2.02. The SMILES string of the molecule is C=CCCOC(=O)CCCCCC(=O)O. The van der Waals surface area contributed by atoms with Crippen LogP contribution in [0, 0.1) is 0 Å². The molecule has 0 aliphatic carbocycles. The highest BCUT2D eigenvalue weighted by Crippen LogP contribution is 2.04. The highest BCUT2D eigenvalue weighted by atomic mass is 16.5. The Kier molecular flexibility index (Phi) is 8.43. The van der Waals surface area contributed by atoms with Crippen LogP contribution >= 0.6 is 0 Å². The van der Waals surface area contributed by atoms with Gasteiger partial charge in [0.05, 0.1) is 6.61 Å². The van der Waals surface area contributed by atoms with Crippen molar-refractivity contribution < 1.29 is 19.4 Å². The molecule has 0 saturated heterocycles. The summed E-state index contributed by atoms with van der Waals surface area (Å²) in [5, 5.41) is 8.36. The van der Waals surface area contributed by atoms with Gasteiger partial charge in [-0.15, -0.1) is 6.58 Å². The predicted molar refractivity (Wildman–Crippen MR) is 56.5 cm³/mol. The van der Waals surface area contributed by atoms with Gasteiger partial charge < -0.3 is 9.84 Å². The average molecular weight is 214 g/mol. The van der Waals surface area contributed by atoms with Crippen molar-refractivity contribution in [2.75, 3.05) is 6.61 Å². The first-order valence-corrected chi connectivity index (χ1v) is 5.15. The molecule has 0 radical (unpaired) electrons. The van der Waals surface area contributed by atoms with Crippen LogP contribution in [0.2, 0.25) is 0 Å². The summed E-state index contributed by atoms with van der Waals surface area (Å²) < 4.78 is 4.88. The van der Waals surface area contributed by atoms with Crippen molar-refractivity contribution in [1.82, 2.24) is 0 Å². The smallest absolute Gasteiger partial charge is 0.305 e. The third kappa shape index (κ3) is 10.6. The molecule has 0 spiro atoms. The van der Waals surface area contributed by atoms with Crippen molar-refractivity contribution in [3.8, 4) is 0 Å². The van der Waals surface area contributed by atoms with Gasteiger partial charge in [0.2, 0.25) is 0 Å². The molecule has 0 saturated carbocycles. The predicted octanol–water partition coefficient (Wildman–Crippen LogP) is 2.14. The van der Waals surface area contributed by atoms with Crippen molar-refractivity contribution in [2.24, 2.45) is 0 Å². The molecule has 4 heteroatoms. The maximum absolute atomic E-state index is 11.0. The number of aliphatic carboxylic acids is 1. The van der Waals surface area contributed by atoms with Gasteiger partial charge >= 0.3 is 11.9 Å². The molecule has 0 unspecified atom stereocenters. The zero-order valence-corrected chi connectivity index (χ0v) is 8.91. The second kappa shape index (κ2) is 9.24. The van der Waals surface area contributed by atoms with Crippen LogP contribution in [0.25, 0.3) is 0 Å². The molecule has 0 aromatic rings. The molecule has 0 heterocycles. The molecule has 0 aliphatic rings. The van der Waals surface area contributed by atoms with Gasteiger partial charge in [0.1, 0.15) is 0 Å². The van der Waals surface area contributed by atoms with Crippen LogP contribution in [0.5, 0.6) is 0 Å². The van der Waals surface area contributed by atoms with Gasteiger partial charge in [-0.05, 0) is 19.3 Å². The van der Waals surface area contributed by atoms with Crippen molar-refractivity contribution in [1.29, 1.82) is 0 Å². The zero-order chi connectivity index (χ0) is 11.5. The Bertz CT molecular complexity index is 211. The molecule has 0 rings (SSSR count). The minimum atomic E-state index is -0.788. The third-order valence-electron chi connectivity index (χ3n) is 1.86. The van der Waals surface area contributed by atoms with E-state index in [-0.39, 0.29) is 12.4 Å². The fourth-order valence-corrected chi connectivity index (χ4v) is 1.05. The van der Waals surface area contributed by atoms with Crippen LogP contribution in [0.15, 0.2) is 12.7 Å². The Morgan fingerprint density at radius 2 is 1.87 bits per heavy atom. The van der Waals surface area contributed by atoms with Gasteiger partial charge in [-0.1, -0.05) is 12.5 Å². The first-order chi connectivity index (χ1) is 7.16. The number of carboxylic acids is 1. The van der Waals surface area contributed by atoms with E-state index in [1.54, 1.807) is 6.08 Å². The van der Waals surface area contributed by atoms with E-state index in [9.17, 15) is 9.59 Å². The molecular formula is C11H18O4. The Morgan fingerprint density at radius 3 is 2.47 bits per heavy atom. The molecule has 0 amide bonds. The number of ether oxygens (including phenoxy) is 1. The van der Waals surface area contributed by atoms with Crippen LogP contribution in [0.4, 0.5) is 0 Å². The van der Waals surface area contributed by atoms with Gasteiger partial charge in [0.25, 0.3) is 0 Å². The Hall–Kier alpha value is -1.32. The Balaban J connectivity index is 3.23. The van der Waals surface area contributed by atoms with Crippen LogP contribution in [0.3, 0.4) is 0 Å². The summed E-state index contributed by atoms with van der Waals surface area (Å²) in [6.45, 7) is 3.90. The highest BCUT2D eigenvalue weighted by molar-refractivity contribution is 5.69. The number of esters is 1. The van der Waals surface area contributed by atoms with Crippen molar-refractivity contribution in [2.45, 2.75) is 38.5 Å². The summed E-state index contributed by atoms with van der Waals surface area (Å²) in [5.74, 6) is -1.00. The molecule has 0 atom stereocenters. The van der Waals surface area contributed by atoms with Crippen molar-refractivity contribution >= 4 is 11.9 Å². The van der Waals surface area contributed by atoms with E-state index in [0.717, 1.165) is 6.42 Å². The molecule has 4 nitrogen and oxygen atoms in total. The Labute approximate surface area is 89.9 Å². The standard InChI is InChI=1S/C11H18O4/c1-2-3-9-15-11(14)8-6-4-5-7-10(12)13/h2H,1,3-9H2,(H,12,13). The van der Waals surface area contributed by atoms with E-state index >= 15 is 0 Å². The van der Waals surface area contributed by atoms with Crippen LogP contribution in [-0.4, -0.2) is 23.7 Å². The summed E-state index contributed by atoms with van der Waals surface area (Å²) in [7, 11) is 0. The first-order valence-electron chi connectivity index (χ1n) is 5.15. The van der Waals surface area contributed by atoms with Crippen LogP contribution < -0.4 is 0 Å². The van der Waals surface area contributed by atoms with Gasteiger partial charge in [-0.3, -0.25) is 9.59 Å². The maximum Gasteiger partial charge on any atom is 0.305 e. The zero-order valence-electron chi connectivity index (χ0n) is 8.91. The second-order valence-electron chi connectivity index (χ2n) is 3.25. The normalized spacial score (nSPS) is 9.60. The van der Waals surface area contributed by atoms with E-state index in [1.807, 2.05) is 0 Å². The first kappa shape index (κ1) is 13.7. The number of hydrogen-bond acceptors (Lipinski definition) is 3. The molecule has 1 N–H and O–H groups in total. The van der Waals surface area contributed by atoms with Gasteiger partial charge in [-0.2, -0.15) is 0 Å². The minimum Gasteiger partial charge on any atom is -0.481 e. The second-order valence-corrected chi connectivity index (χ2v) is 3.25. The quantitative estimate of drug-likeness (QED) is 0.363. The van der Waals surface area contributed by atoms with Crippen molar-refractivity contribution in [3.63, 3.8) is 0 Å². The Morgan fingerprint density at radius 1 is 1.20 bits per heavy atom. The largest absolute Gasteiger partial charge is 0.481 e. The van der Waals surface area contributed by atoms with E-state index in [1.165, 1.54) is 0 Å². The molecule has 15 heavy (non-hydrogen) atoms. The lowest BCUT2D eigenvalue weighted by Gasteiger charge is -2.02. The molecule has 0 fully saturated rings. The van der Waals surface area contributed by atoms with Gasteiger partial charge in [0, 0.05) is 12.8 Å². The molecule has 0 aliphatic heterocycles. The summed E-state index contributed by atoms with van der Waals surface area (Å²) >= 11 is 0. The van der Waals surface area contributed by atoms with Crippen LogP contribution in [0.1, 0.15) is 38.5 Å². The summed E-state index contributed by atoms with van der Waals surface area (Å²) in [6, 6.07) is 0. The summed E-state index contributed by atoms with van der Waals surface area (Å²) in [5.41, 5.74) is 0. The van der Waals surface area contributed by atoms with Gasteiger partial charge in [-0.25, -0.2) is 0 Å². The number of carbonyl (C=O) groups is 2. The number of carbonyl (C=O) groups excluding carboxylic acids is 1. The fraction of sp³-hybridized carbons (Fsp3) is 0.636. The lowest BCUT2D eigenvalue weighted by Crippen LogP contribution is -2.05. The number of carboxylic acid groups (broad SMARTS) is 1.